The summed E-state index contributed by atoms with van der Waals surface area (Å²) >= 11 is 0. The van der Waals surface area contributed by atoms with Gasteiger partial charge in [0.1, 0.15) is 0 Å². The van der Waals surface area contributed by atoms with Crippen LogP contribution >= 0.6 is 0 Å². The van der Waals surface area contributed by atoms with Crippen molar-refractivity contribution < 1.29 is 4.79 Å². The Morgan fingerprint density at radius 3 is 2.73 bits per heavy atom. The molecule has 4 nitrogen and oxygen atoms in total. The van der Waals surface area contributed by atoms with Gasteiger partial charge in [-0.2, -0.15) is 0 Å². The third kappa shape index (κ3) is 3.27. The zero-order chi connectivity index (χ0) is 15.4. The fourth-order valence-corrected chi connectivity index (χ4v) is 3.09. The van der Waals surface area contributed by atoms with Crippen molar-refractivity contribution in [3.05, 3.63) is 70.1 Å². The largest absolute Gasteiger partial charge is 0.336 e. The number of carbonyl (C=O) groups is 1. The van der Waals surface area contributed by atoms with Crippen LogP contribution in [0, 0.1) is 0 Å². The van der Waals surface area contributed by atoms with Crippen LogP contribution in [0.1, 0.15) is 35.2 Å². The molecule has 0 saturated carbocycles. The van der Waals surface area contributed by atoms with Gasteiger partial charge in [-0.15, -0.1) is 0 Å². The average Bonchev–Trinajstić information content (AvgIpc) is 3.02. The molecule has 0 spiro atoms. The van der Waals surface area contributed by atoms with E-state index < -0.39 is 0 Å². The molecule has 22 heavy (non-hydrogen) atoms. The highest BCUT2D eigenvalue weighted by Crippen LogP contribution is 2.23. The highest BCUT2D eigenvalue weighted by molar-refractivity contribution is 5.94. The van der Waals surface area contributed by atoms with E-state index in [2.05, 4.69) is 17.1 Å². The number of nitrogens with one attached hydrogen (secondary N) is 1. The average molecular weight is 296 g/mol. The summed E-state index contributed by atoms with van der Waals surface area (Å²) in [6, 6.07) is 13.7. The predicted octanol–water partition coefficient (Wildman–Crippen LogP) is 2.61. The number of nitrogens with zero attached hydrogens (tertiary/aromatic N) is 1. The van der Waals surface area contributed by atoms with E-state index in [1.54, 1.807) is 6.07 Å². The van der Waals surface area contributed by atoms with Gasteiger partial charge in [-0.25, -0.2) is 0 Å². The lowest BCUT2D eigenvalue weighted by atomic mass is 10.0. The number of hydrogen-bond acceptors (Lipinski definition) is 2. The summed E-state index contributed by atoms with van der Waals surface area (Å²) < 4.78 is 0. The van der Waals surface area contributed by atoms with Crippen molar-refractivity contribution in [3.63, 3.8) is 0 Å². The summed E-state index contributed by atoms with van der Waals surface area (Å²) in [5.74, 6) is 0.0202. The molecule has 1 N–H and O–H groups in total. The van der Waals surface area contributed by atoms with Crippen molar-refractivity contribution in [1.29, 1.82) is 0 Å². The van der Waals surface area contributed by atoms with Gasteiger partial charge in [0.25, 0.3) is 5.91 Å². The van der Waals surface area contributed by atoms with Crippen LogP contribution in [0.15, 0.2) is 53.5 Å². The molecule has 4 heteroatoms. The molecule has 1 aromatic heterocycles. The normalized spacial score (nSPS) is 17.6. The first kappa shape index (κ1) is 14.6. The van der Waals surface area contributed by atoms with Crippen molar-refractivity contribution in [2.24, 2.45) is 0 Å². The lowest BCUT2D eigenvalue weighted by Gasteiger charge is -2.24. The Kier molecular flexibility index (Phi) is 4.37. The van der Waals surface area contributed by atoms with Crippen LogP contribution in [0.5, 0.6) is 0 Å². The monoisotopic (exact) mass is 296 g/mol. The molecule has 114 valence electrons. The van der Waals surface area contributed by atoms with E-state index in [0.29, 0.717) is 11.6 Å². The fraction of sp³-hybridized carbons (Fsp3) is 0.333. The minimum atomic E-state index is -0.182. The maximum absolute atomic E-state index is 12.6. The Balaban J connectivity index is 1.66. The maximum atomic E-state index is 12.6. The topological polar surface area (TPSA) is 53.2 Å². The molecular formula is C18H20N2O2. The number of hydrogen-bond donors (Lipinski definition) is 1. The van der Waals surface area contributed by atoms with Crippen molar-refractivity contribution >= 4 is 5.91 Å². The Labute approximate surface area is 129 Å². The molecule has 0 radical (unpaired) electrons. The highest BCUT2D eigenvalue weighted by Gasteiger charge is 2.29. The Bertz CT molecular complexity index is 673. The lowest BCUT2D eigenvalue weighted by molar-refractivity contribution is 0.0730. The molecule has 1 saturated heterocycles. The molecule has 2 heterocycles. The number of rotatable bonds is 4. The first-order valence-electron chi connectivity index (χ1n) is 7.78. The molecule has 1 amide bonds. The summed E-state index contributed by atoms with van der Waals surface area (Å²) in [5, 5.41) is 0. The van der Waals surface area contributed by atoms with Crippen molar-refractivity contribution in [3.8, 4) is 0 Å². The first-order chi connectivity index (χ1) is 10.7. The van der Waals surface area contributed by atoms with Gasteiger partial charge in [-0.05, 0) is 37.3 Å². The van der Waals surface area contributed by atoms with Gasteiger partial charge >= 0.3 is 0 Å². The second kappa shape index (κ2) is 6.60. The quantitative estimate of drug-likeness (QED) is 0.943. The number of aryl methyl sites for hydroxylation is 1. The molecule has 0 bridgehead atoms. The highest BCUT2D eigenvalue weighted by atomic mass is 16.2. The Hall–Kier alpha value is -2.36. The van der Waals surface area contributed by atoms with E-state index >= 15 is 0 Å². The molecule has 1 fully saturated rings. The van der Waals surface area contributed by atoms with Crippen molar-refractivity contribution in [2.45, 2.75) is 31.7 Å². The van der Waals surface area contributed by atoms with Gasteiger partial charge in [0.05, 0.1) is 5.56 Å². The second-order valence-electron chi connectivity index (χ2n) is 5.76. The third-order valence-corrected chi connectivity index (χ3v) is 4.28. The third-order valence-electron chi connectivity index (χ3n) is 4.28. The number of pyridine rings is 1. The Morgan fingerprint density at radius 1 is 1.18 bits per heavy atom. The summed E-state index contributed by atoms with van der Waals surface area (Å²) in [6.07, 6.45) is 5.59. The summed E-state index contributed by atoms with van der Waals surface area (Å²) in [5.41, 5.74) is 1.69. The maximum Gasteiger partial charge on any atom is 0.255 e. The van der Waals surface area contributed by atoms with Gasteiger partial charge in [-0.1, -0.05) is 30.3 Å². The van der Waals surface area contributed by atoms with E-state index in [1.807, 2.05) is 23.1 Å². The molecule has 0 aliphatic carbocycles. The number of amides is 1. The SMILES string of the molecule is O=C(c1ccc(=O)[nH]c1)N1CCC[C@H]1CCc1ccccc1. The van der Waals surface area contributed by atoms with E-state index in [-0.39, 0.29) is 11.5 Å². The molecule has 1 aromatic carbocycles. The second-order valence-corrected chi connectivity index (χ2v) is 5.76. The number of carbonyl (C=O) groups excluding carboxylic acids is 1. The van der Waals surface area contributed by atoms with Crippen LogP contribution in [0.25, 0.3) is 0 Å². The number of aromatic nitrogens is 1. The smallest absolute Gasteiger partial charge is 0.255 e. The number of aromatic amines is 1. The standard InChI is InChI=1S/C18H20N2O2/c21-17-11-9-15(13-19-17)18(22)20-12-4-7-16(20)10-8-14-5-2-1-3-6-14/h1-3,5-6,9,11,13,16H,4,7-8,10,12H2,(H,19,21)/t16-/m0/s1. The molecule has 0 unspecified atom stereocenters. The molecule has 2 aromatic rings. The molecule has 3 rings (SSSR count). The lowest BCUT2D eigenvalue weighted by Crippen LogP contribution is -2.36. The molecule has 1 atom stereocenters. The van der Waals surface area contributed by atoms with Crippen LogP contribution in [-0.4, -0.2) is 28.4 Å². The Morgan fingerprint density at radius 2 is 2.00 bits per heavy atom. The van der Waals surface area contributed by atoms with E-state index in [0.717, 1.165) is 32.2 Å². The van der Waals surface area contributed by atoms with Gasteiger partial charge in [0.15, 0.2) is 0 Å². The van der Waals surface area contributed by atoms with Gasteiger partial charge in [-0.3, -0.25) is 9.59 Å². The van der Waals surface area contributed by atoms with Crippen LogP contribution in [0.4, 0.5) is 0 Å². The van der Waals surface area contributed by atoms with E-state index in [1.165, 1.54) is 17.8 Å². The van der Waals surface area contributed by atoms with Crippen molar-refractivity contribution in [1.82, 2.24) is 9.88 Å². The number of likely N-dealkylation sites (tertiary alicyclic amines) is 1. The predicted molar refractivity (Wildman–Crippen MR) is 85.9 cm³/mol. The minimum absolute atomic E-state index is 0.0202. The summed E-state index contributed by atoms with van der Waals surface area (Å²) in [4.78, 5) is 28.2. The molecule has 1 aliphatic rings. The van der Waals surface area contributed by atoms with Crippen LogP contribution in [0.3, 0.4) is 0 Å². The van der Waals surface area contributed by atoms with Gasteiger partial charge in [0, 0.05) is 24.8 Å². The fourth-order valence-electron chi connectivity index (χ4n) is 3.09. The van der Waals surface area contributed by atoms with Gasteiger partial charge < -0.3 is 9.88 Å². The van der Waals surface area contributed by atoms with Gasteiger partial charge in [0.2, 0.25) is 5.56 Å². The van der Waals surface area contributed by atoms with E-state index in [4.69, 9.17) is 0 Å². The molecule has 1 aliphatic heterocycles. The van der Waals surface area contributed by atoms with Crippen LogP contribution in [0.2, 0.25) is 0 Å². The molecular weight excluding hydrogens is 276 g/mol. The summed E-state index contributed by atoms with van der Waals surface area (Å²) in [7, 11) is 0. The summed E-state index contributed by atoms with van der Waals surface area (Å²) in [6.45, 7) is 0.803. The number of benzene rings is 1. The van der Waals surface area contributed by atoms with Crippen LogP contribution in [-0.2, 0) is 6.42 Å². The first-order valence-corrected chi connectivity index (χ1v) is 7.78. The van der Waals surface area contributed by atoms with Crippen LogP contribution < -0.4 is 5.56 Å². The zero-order valence-electron chi connectivity index (χ0n) is 12.5. The number of H-pyrrole nitrogens is 1. The zero-order valence-corrected chi connectivity index (χ0v) is 12.5. The van der Waals surface area contributed by atoms with Crippen molar-refractivity contribution in [2.75, 3.05) is 6.54 Å². The van der Waals surface area contributed by atoms with E-state index in [9.17, 15) is 9.59 Å². The minimum Gasteiger partial charge on any atom is -0.336 e.